The second kappa shape index (κ2) is 6.66. The Balaban J connectivity index is 1.97. The lowest BCUT2D eigenvalue weighted by Gasteiger charge is -2.19. The highest BCUT2D eigenvalue weighted by Crippen LogP contribution is 2.21. The first-order valence-electron chi connectivity index (χ1n) is 7.51. The topological polar surface area (TPSA) is 21.3 Å². The molecule has 1 atom stereocenters. The summed E-state index contributed by atoms with van der Waals surface area (Å²) in [5, 5.41) is 3.48. The number of ether oxygens (including phenoxy) is 1. The van der Waals surface area contributed by atoms with Gasteiger partial charge in [-0.05, 0) is 69.0 Å². The molecule has 2 heteroatoms. The largest absolute Gasteiger partial charge is 0.489 e. The van der Waals surface area contributed by atoms with Crippen LogP contribution in [0.4, 0.5) is 5.69 Å². The molecule has 21 heavy (non-hydrogen) atoms. The van der Waals surface area contributed by atoms with Gasteiger partial charge < -0.3 is 10.1 Å². The zero-order chi connectivity index (χ0) is 15.4. The Morgan fingerprint density at radius 2 is 1.52 bits per heavy atom. The molecule has 0 spiro atoms. The molecule has 2 aromatic carbocycles. The fourth-order valence-corrected chi connectivity index (χ4v) is 2.27. The maximum Gasteiger partial charge on any atom is 0.122 e. The summed E-state index contributed by atoms with van der Waals surface area (Å²) in [6.07, 6.45) is 0.116. The minimum Gasteiger partial charge on any atom is -0.489 e. The third-order valence-electron chi connectivity index (χ3n) is 3.64. The molecule has 0 amide bonds. The number of rotatable bonds is 5. The van der Waals surface area contributed by atoms with Gasteiger partial charge >= 0.3 is 0 Å². The van der Waals surface area contributed by atoms with Crippen molar-refractivity contribution < 1.29 is 4.74 Å². The molecule has 0 aromatic heterocycles. The first-order chi connectivity index (χ1) is 9.95. The van der Waals surface area contributed by atoms with Crippen molar-refractivity contribution in [3.05, 3.63) is 58.7 Å². The van der Waals surface area contributed by atoms with E-state index in [1.54, 1.807) is 0 Å². The van der Waals surface area contributed by atoms with Crippen LogP contribution in [0.5, 0.6) is 5.75 Å². The van der Waals surface area contributed by atoms with E-state index in [4.69, 9.17) is 4.74 Å². The molecule has 0 bridgehead atoms. The van der Waals surface area contributed by atoms with Crippen LogP contribution >= 0.6 is 0 Å². The van der Waals surface area contributed by atoms with Crippen molar-refractivity contribution in [3.8, 4) is 5.75 Å². The van der Waals surface area contributed by atoms with Crippen molar-refractivity contribution in [2.75, 3.05) is 11.9 Å². The molecule has 2 aromatic rings. The summed E-state index contributed by atoms with van der Waals surface area (Å²) in [6.45, 7) is 11.3. The van der Waals surface area contributed by atoms with Gasteiger partial charge in [0, 0.05) is 5.69 Å². The molecule has 2 rings (SSSR count). The predicted octanol–water partition coefficient (Wildman–Crippen LogP) is 4.80. The van der Waals surface area contributed by atoms with Crippen LogP contribution in [-0.2, 0) is 0 Å². The van der Waals surface area contributed by atoms with Gasteiger partial charge in [0.2, 0.25) is 0 Å². The number of anilines is 1. The molecule has 0 heterocycles. The standard InChI is InChI=1S/C19H25NO/c1-13-6-8-15(3)18(10-13)20-12-17(5)21-19-11-14(2)7-9-16(19)4/h6-11,17,20H,12H2,1-5H3. The van der Waals surface area contributed by atoms with Crippen LogP contribution < -0.4 is 10.1 Å². The lowest BCUT2D eigenvalue weighted by Crippen LogP contribution is -2.23. The van der Waals surface area contributed by atoms with Gasteiger partial charge in [0.1, 0.15) is 11.9 Å². The van der Waals surface area contributed by atoms with Gasteiger partial charge in [-0.25, -0.2) is 0 Å². The lowest BCUT2D eigenvalue weighted by molar-refractivity contribution is 0.233. The molecular weight excluding hydrogens is 258 g/mol. The van der Waals surface area contributed by atoms with E-state index < -0.39 is 0 Å². The van der Waals surface area contributed by atoms with Crippen molar-refractivity contribution >= 4 is 5.69 Å². The van der Waals surface area contributed by atoms with Crippen LogP contribution in [0.15, 0.2) is 36.4 Å². The van der Waals surface area contributed by atoms with Crippen LogP contribution in [-0.4, -0.2) is 12.6 Å². The highest BCUT2D eigenvalue weighted by Gasteiger charge is 2.07. The molecule has 112 valence electrons. The number of hydrogen-bond acceptors (Lipinski definition) is 2. The Kier molecular flexibility index (Phi) is 4.89. The lowest BCUT2D eigenvalue weighted by atomic mass is 10.1. The highest BCUT2D eigenvalue weighted by molar-refractivity contribution is 5.52. The van der Waals surface area contributed by atoms with Crippen LogP contribution in [0.1, 0.15) is 29.2 Å². The van der Waals surface area contributed by atoms with Crippen LogP contribution in [0, 0.1) is 27.7 Å². The summed E-state index contributed by atoms with van der Waals surface area (Å²) in [4.78, 5) is 0. The number of hydrogen-bond donors (Lipinski definition) is 1. The molecular formula is C19H25NO. The molecule has 0 radical (unpaired) electrons. The Morgan fingerprint density at radius 3 is 2.24 bits per heavy atom. The van der Waals surface area contributed by atoms with E-state index in [9.17, 15) is 0 Å². The van der Waals surface area contributed by atoms with Gasteiger partial charge in [-0.15, -0.1) is 0 Å². The quantitative estimate of drug-likeness (QED) is 0.851. The van der Waals surface area contributed by atoms with Crippen molar-refractivity contribution in [3.63, 3.8) is 0 Å². The van der Waals surface area contributed by atoms with Gasteiger partial charge in [0.05, 0.1) is 6.54 Å². The predicted molar refractivity (Wildman–Crippen MR) is 90.4 cm³/mol. The zero-order valence-electron chi connectivity index (χ0n) is 13.7. The first kappa shape index (κ1) is 15.4. The van der Waals surface area contributed by atoms with Crippen molar-refractivity contribution in [2.45, 2.75) is 40.7 Å². The Morgan fingerprint density at radius 1 is 0.905 bits per heavy atom. The molecule has 0 fully saturated rings. The van der Waals surface area contributed by atoms with E-state index in [-0.39, 0.29) is 6.10 Å². The summed E-state index contributed by atoms with van der Waals surface area (Å²) in [7, 11) is 0. The fraction of sp³-hybridized carbons (Fsp3) is 0.368. The van der Waals surface area contributed by atoms with E-state index in [2.05, 4.69) is 76.3 Å². The summed E-state index contributed by atoms with van der Waals surface area (Å²) in [5.41, 5.74) is 6.13. The second-order valence-electron chi connectivity index (χ2n) is 5.90. The molecule has 0 aliphatic rings. The Bertz CT molecular complexity index is 619. The van der Waals surface area contributed by atoms with E-state index >= 15 is 0 Å². The molecule has 2 nitrogen and oxygen atoms in total. The van der Waals surface area contributed by atoms with Gasteiger partial charge in [0.25, 0.3) is 0 Å². The van der Waals surface area contributed by atoms with E-state index in [0.717, 1.165) is 12.3 Å². The molecule has 0 aliphatic carbocycles. The highest BCUT2D eigenvalue weighted by atomic mass is 16.5. The minimum absolute atomic E-state index is 0.116. The second-order valence-corrected chi connectivity index (χ2v) is 5.90. The SMILES string of the molecule is Cc1ccc(C)c(NCC(C)Oc2cc(C)ccc2C)c1. The molecule has 1 unspecified atom stereocenters. The Labute approximate surface area is 128 Å². The maximum atomic E-state index is 6.06. The summed E-state index contributed by atoms with van der Waals surface area (Å²) in [5.74, 6) is 0.977. The van der Waals surface area contributed by atoms with Crippen molar-refractivity contribution in [1.82, 2.24) is 0 Å². The number of nitrogens with one attached hydrogen (secondary N) is 1. The average Bonchev–Trinajstić information content (AvgIpc) is 2.44. The summed E-state index contributed by atoms with van der Waals surface area (Å²) < 4.78 is 6.06. The normalized spacial score (nSPS) is 12.0. The monoisotopic (exact) mass is 283 g/mol. The molecule has 0 saturated heterocycles. The van der Waals surface area contributed by atoms with Crippen LogP contribution in [0.25, 0.3) is 0 Å². The van der Waals surface area contributed by atoms with Crippen molar-refractivity contribution in [2.24, 2.45) is 0 Å². The zero-order valence-corrected chi connectivity index (χ0v) is 13.7. The van der Waals surface area contributed by atoms with Crippen LogP contribution in [0.3, 0.4) is 0 Å². The van der Waals surface area contributed by atoms with E-state index in [0.29, 0.717) is 0 Å². The van der Waals surface area contributed by atoms with E-state index in [1.807, 2.05) is 0 Å². The molecule has 1 N–H and O–H groups in total. The van der Waals surface area contributed by atoms with Gasteiger partial charge in [-0.3, -0.25) is 0 Å². The van der Waals surface area contributed by atoms with Gasteiger partial charge in [-0.2, -0.15) is 0 Å². The van der Waals surface area contributed by atoms with Gasteiger partial charge in [0.15, 0.2) is 0 Å². The van der Waals surface area contributed by atoms with Gasteiger partial charge in [-0.1, -0.05) is 24.3 Å². The third-order valence-corrected chi connectivity index (χ3v) is 3.64. The maximum absolute atomic E-state index is 6.06. The smallest absolute Gasteiger partial charge is 0.122 e. The third kappa shape index (κ3) is 4.25. The summed E-state index contributed by atoms with van der Waals surface area (Å²) >= 11 is 0. The number of benzene rings is 2. The molecule has 0 saturated carbocycles. The number of aryl methyl sites for hydroxylation is 4. The average molecular weight is 283 g/mol. The Hall–Kier alpha value is -1.96. The van der Waals surface area contributed by atoms with E-state index in [1.165, 1.54) is 27.9 Å². The molecule has 0 aliphatic heterocycles. The fourth-order valence-electron chi connectivity index (χ4n) is 2.27. The minimum atomic E-state index is 0.116. The van der Waals surface area contributed by atoms with Crippen molar-refractivity contribution in [1.29, 1.82) is 0 Å². The first-order valence-corrected chi connectivity index (χ1v) is 7.51. The summed E-state index contributed by atoms with van der Waals surface area (Å²) in [6, 6.07) is 12.8. The van der Waals surface area contributed by atoms with Crippen LogP contribution in [0.2, 0.25) is 0 Å².